The predicted molar refractivity (Wildman–Crippen MR) is 112 cm³/mol. The Morgan fingerprint density at radius 1 is 1.33 bits per heavy atom. The number of amides is 1. The molecular formula is C19H28ClN5OS. The van der Waals surface area contributed by atoms with Gasteiger partial charge < -0.3 is 10.6 Å². The summed E-state index contributed by atoms with van der Waals surface area (Å²) in [6.07, 6.45) is 3.78. The molecule has 1 aliphatic rings. The topological polar surface area (TPSA) is 83.3 Å². The van der Waals surface area contributed by atoms with Crippen LogP contribution in [0, 0.1) is 0 Å². The van der Waals surface area contributed by atoms with Gasteiger partial charge in [-0.05, 0) is 31.4 Å². The second-order valence-electron chi connectivity index (χ2n) is 6.72. The normalized spacial score (nSPS) is 18.9. The molecule has 0 spiro atoms. The zero-order valence-corrected chi connectivity index (χ0v) is 17.2. The number of benzene rings is 1. The molecule has 0 aliphatic carbocycles. The first-order valence-corrected chi connectivity index (χ1v) is 10.0. The van der Waals surface area contributed by atoms with E-state index in [1.165, 1.54) is 16.9 Å². The highest BCUT2D eigenvalue weighted by Crippen LogP contribution is 2.23. The molecule has 0 saturated carbocycles. The Morgan fingerprint density at radius 2 is 2.11 bits per heavy atom. The van der Waals surface area contributed by atoms with Crippen LogP contribution in [0.2, 0.25) is 0 Å². The molecule has 3 rings (SSSR count). The van der Waals surface area contributed by atoms with Gasteiger partial charge in [-0.15, -0.1) is 23.7 Å². The van der Waals surface area contributed by atoms with Crippen molar-refractivity contribution in [3.8, 4) is 0 Å². The highest BCUT2D eigenvalue weighted by molar-refractivity contribution is 7.09. The number of hydrogen-bond donors (Lipinski definition) is 3. The number of hydrazine groups is 1. The van der Waals surface area contributed by atoms with Gasteiger partial charge in [0.2, 0.25) is 0 Å². The van der Waals surface area contributed by atoms with Crippen molar-refractivity contribution in [1.29, 1.82) is 0 Å². The molecule has 1 aromatic carbocycles. The summed E-state index contributed by atoms with van der Waals surface area (Å²) in [6, 6.07) is 11.3. The summed E-state index contributed by atoms with van der Waals surface area (Å²) in [6.45, 7) is 1.29. The van der Waals surface area contributed by atoms with E-state index in [2.05, 4.69) is 40.1 Å². The molecular weight excluding hydrogens is 382 g/mol. The second-order valence-corrected chi connectivity index (χ2v) is 7.66. The van der Waals surface area contributed by atoms with Gasteiger partial charge in [0.15, 0.2) is 0 Å². The minimum Gasteiger partial charge on any atom is -0.340 e. The van der Waals surface area contributed by atoms with Crippen molar-refractivity contribution in [2.45, 2.75) is 37.8 Å². The molecule has 2 aromatic rings. The predicted octanol–water partition coefficient (Wildman–Crippen LogP) is 2.53. The molecule has 1 fully saturated rings. The number of halogens is 1. The molecule has 2 heterocycles. The third-order valence-corrected chi connectivity index (χ3v) is 5.61. The van der Waals surface area contributed by atoms with Crippen molar-refractivity contribution in [3.05, 3.63) is 52.0 Å². The standard InChI is InChI=1S/C19H27N5OS.ClH/c1-24(19(25)17-13-26-18(21-17)9-10-20)11-5-8-15-12-16(23-22-15)14-6-3-2-4-7-14;/h2-4,6-7,13,15-16,22-23H,5,8-12,20H2,1H3;1H. The van der Waals surface area contributed by atoms with Gasteiger partial charge in [0.25, 0.3) is 5.91 Å². The molecule has 2 atom stereocenters. The van der Waals surface area contributed by atoms with Gasteiger partial charge >= 0.3 is 0 Å². The fourth-order valence-electron chi connectivity index (χ4n) is 3.23. The van der Waals surface area contributed by atoms with Crippen LogP contribution in [0.25, 0.3) is 0 Å². The molecule has 0 radical (unpaired) electrons. The Balaban J connectivity index is 0.00000261. The minimum absolute atomic E-state index is 0. The lowest BCUT2D eigenvalue weighted by Gasteiger charge is -2.17. The van der Waals surface area contributed by atoms with Gasteiger partial charge in [-0.25, -0.2) is 4.98 Å². The van der Waals surface area contributed by atoms with Crippen molar-refractivity contribution in [1.82, 2.24) is 20.7 Å². The monoisotopic (exact) mass is 409 g/mol. The molecule has 1 aliphatic heterocycles. The fourth-order valence-corrected chi connectivity index (χ4v) is 4.02. The Kier molecular flexibility index (Phi) is 8.66. The van der Waals surface area contributed by atoms with E-state index in [9.17, 15) is 4.79 Å². The SMILES string of the molecule is CN(CCCC1CC(c2ccccc2)NN1)C(=O)c1csc(CCN)n1.Cl. The van der Waals surface area contributed by atoms with Crippen LogP contribution in [0.15, 0.2) is 35.7 Å². The van der Waals surface area contributed by atoms with Gasteiger partial charge in [0.05, 0.1) is 5.01 Å². The number of nitrogens with two attached hydrogens (primary N) is 1. The molecule has 27 heavy (non-hydrogen) atoms. The summed E-state index contributed by atoms with van der Waals surface area (Å²) in [5, 5.41) is 2.76. The van der Waals surface area contributed by atoms with E-state index in [4.69, 9.17) is 5.73 Å². The molecule has 1 amide bonds. The van der Waals surface area contributed by atoms with E-state index in [-0.39, 0.29) is 18.3 Å². The number of rotatable bonds is 8. The quantitative estimate of drug-likeness (QED) is 0.624. The van der Waals surface area contributed by atoms with Crippen molar-refractivity contribution < 1.29 is 4.79 Å². The number of aromatic nitrogens is 1. The average Bonchev–Trinajstić information content (AvgIpc) is 3.32. The van der Waals surface area contributed by atoms with Gasteiger partial charge in [0, 0.05) is 37.5 Å². The number of nitrogens with zero attached hydrogens (tertiary/aromatic N) is 2. The Labute approximate surface area is 170 Å². The lowest BCUT2D eigenvalue weighted by Crippen LogP contribution is -2.32. The summed E-state index contributed by atoms with van der Waals surface area (Å²) in [7, 11) is 1.84. The number of thiazole rings is 1. The van der Waals surface area contributed by atoms with E-state index in [0.717, 1.165) is 37.2 Å². The Hall–Kier alpha value is -1.51. The van der Waals surface area contributed by atoms with E-state index >= 15 is 0 Å². The van der Waals surface area contributed by atoms with Crippen LogP contribution in [-0.2, 0) is 6.42 Å². The van der Waals surface area contributed by atoms with Crippen LogP contribution in [0.4, 0.5) is 0 Å². The van der Waals surface area contributed by atoms with Crippen molar-refractivity contribution in [3.63, 3.8) is 0 Å². The zero-order valence-electron chi connectivity index (χ0n) is 15.6. The summed E-state index contributed by atoms with van der Waals surface area (Å²) >= 11 is 1.51. The van der Waals surface area contributed by atoms with Crippen LogP contribution in [-0.4, -0.2) is 42.0 Å². The van der Waals surface area contributed by atoms with Gasteiger partial charge in [-0.1, -0.05) is 30.3 Å². The second kappa shape index (κ2) is 10.7. The van der Waals surface area contributed by atoms with Crippen LogP contribution >= 0.6 is 23.7 Å². The molecule has 6 nitrogen and oxygen atoms in total. The van der Waals surface area contributed by atoms with E-state index in [1.54, 1.807) is 4.90 Å². The third kappa shape index (κ3) is 5.99. The number of nitrogens with one attached hydrogen (secondary N) is 2. The molecule has 2 unspecified atom stereocenters. The smallest absolute Gasteiger partial charge is 0.273 e. The van der Waals surface area contributed by atoms with Crippen molar-refractivity contribution in [2.75, 3.05) is 20.1 Å². The lowest BCUT2D eigenvalue weighted by atomic mass is 10.00. The molecule has 8 heteroatoms. The molecule has 1 aromatic heterocycles. The molecule has 0 bridgehead atoms. The van der Waals surface area contributed by atoms with Crippen molar-refractivity contribution >= 4 is 29.7 Å². The average molecular weight is 410 g/mol. The maximum absolute atomic E-state index is 12.4. The van der Waals surface area contributed by atoms with Crippen LogP contribution < -0.4 is 16.6 Å². The zero-order chi connectivity index (χ0) is 18.4. The highest BCUT2D eigenvalue weighted by Gasteiger charge is 2.24. The lowest BCUT2D eigenvalue weighted by molar-refractivity contribution is 0.0786. The van der Waals surface area contributed by atoms with Gasteiger partial charge in [-0.2, -0.15) is 0 Å². The fraction of sp³-hybridized carbons (Fsp3) is 0.474. The van der Waals surface area contributed by atoms with E-state index < -0.39 is 0 Å². The van der Waals surface area contributed by atoms with Crippen LogP contribution in [0.5, 0.6) is 0 Å². The third-order valence-electron chi connectivity index (χ3n) is 4.71. The van der Waals surface area contributed by atoms with E-state index in [0.29, 0.717) is 24.3 Å². The first kappa shape index (κ1) is 21.8. The van der Waals surface area contributed by atoms with Crippen LogP contribution in [0.3, 0.4) is 0 Å². The van der Waals surface area contributed by atoms with E-state index in [1.807, 2.05) is 18.5 Å². The molecule has 1 saturated heterocycles. The summed E-state index contributed by atoms with van der Waals surface area (Å²) in [5.74, 6) is -0.0100. The Morgan fingerprint density at radius 3 is 2.85 bits per heavy atom. The van der Waals surface area contributed by atoms with Crippen LogP contribution in [0.1, 0.15) is 46.4 Å². The minimum atomic E-state index is -0.0100. The maximum atomic E-state index is 12.4. The first-order chi connectivity index (χ1) is 12.7. The number of carbonyl (C=O) groups excluding carboxylic acids is 1. The molecule has 4 N–H and O–H groups in total. The number of carbonyl (C=O) groups is 1. The number of hydrogen-bond acceptors (Lipinski definition) is 6. The van der Waals surface area contributed by atoms with Gasteiger partial charge in [-0.3, -0.25) is 15.6 Å². The highest BCUT2D eigenvalue weighted by atomic mass is 35.5. The van der Waals surface area contributed by atoms with Gasteiger partial charge in [0.1, 0.15) is 5.69 Å². The van der Waals surface area contributed by atoms with Crippen molar-refractivity contribution in [2.24, 2.45) is 5.73 Å². The Bertz CT molecular complexity index is 711. The maximum Gasteiger partial charge on any atom is 0.273 e. The summed E-state index contributed by atoms with van der Waals surface area (Å²) in [4.78, 5) is 18.6. The largest absolute Gasteiger partial charge is 0.340 e. The summed E-state index contributed by atoms with van der Waals surface area (Å²) in [5.41, 5.74) is 14.1. The summed E-state index contributed by atoms with van der Waals surface area (Å²) < 4.78 is 0. The molecule has 148 valence electrons. The first-order valence-electron chi connectivity index (χ1n) is 9.13.